The summed E-state index contributed by atoms with van der Waals surface area (Å²) < 4.78 is 1.19. The van der Waals surface area contributed by atoms with Gasteiger partial charge in [-0.2, -0.15) is 5.10 Å². The Hall–Kier alpha value is -4.44. The van der Waals surface area contributed by atoms with Gasteiger partial charge in [0.25, 0.3) is 11.8 Å². The van der Waals surface area contributed by atoms with Crippen LogP contribution in [0.3, 0.4) is 0 Å². The fourth-order valence-electron chi connectivity index (χ4n) is 4.81. The molecular formula is C28H25N7O2S. The molecule has 6 rings (SSSR count). The standard InChI is InChI=1S/C28H25N7O2S/c1-15-9-19-4-3-17(10-25(19)38-15)13-29-27(36)23-12-24(31-14-30-23)28(37)33-22-8-6-18-11-20(5-7-21(18)22)26-32-16(2)34-35-26/h3-5,7,9-12,14,22H,6,8,13H2,1-2H3,(H,29,36)(H,33,37)(H,32,34,35)/t22-/m0/s1. The van der Waals surface area contributed by atoms with Crippen LogP contribution in [0.2, 0.25) is 0 Å². The van der Waals surface area contributed by atoms with Crippen LogP contribution in [0.15, 0.2) is 54.9 Å². The van der Waals surface area contributed by atoms with E-state index in [1.54, 1.807) is 11.3 Å². The zero-order valence-electron chi connectivity index (χ0n) is 20.9. The van der Waals surface area contributed by atoms with Crippen LogP contribution in [-0.4, -0.2) is 37.0 Å². The second-order valence-electron chi connectivity index (χ2n) is 9.42. The lowest BCUT2D eigenvalue weighted by Crippen LogP contribution is -2.29. The number of hydrogen-bond donors (Lipinski definition) is 3. The lowest BCUT2D eigenvalue weighted by atomic mass is 10.0. The van der Waals surface area contributed by atoms with Crippen molar-refractivity contribution in [3.05, 3.63) is 93.6 Å². The van der Waals surface area contributed by atoms with Crippen molar-refractivity contribution in [2.45, 2.75) is 39.3 Å². The minimum absolute atomic E-state index is 0.136. The first-order valence-corrected chi connectivity index (χ1v) is 13.2. The van der Waals surface area contributed by atoms with Crippen molar-refractivity contribution < 1.29 is 9.59 Å². The number of thiophene rings is 1. The largest absolute Gasteiger partial charge is 0.347 e. The summed E-state index contributed by atoms with van der Waals surface area (Å²) in [7, 11) is 0. The molecule has 0 unspecified atom stereocenters. The lowest BCUT2D eigenvalue weighted by Gasteiger charge is -2.14. The Kier molecular flexibility index (Phi) is 6.16. The molecule has 9 nitrogen and oxygen atoms in total. The number of carbonyl (C=O) groups excluding carboxylic acids is 2. The van der Waals surface area contributed by atoms with E-state index in [2.05, 4.69) is 67.0 Å². The topological polar surface area (TPSA) is 126 Å². The third-order valence-electron chi connectivity index (χ3n) is 6.67. The number of benzene rings is 2. The smallest absolute Gasteiger partial charge is 0.270 e. The van der Waals surface area contributed by atoms with Crippen molar-refractivity contribution in [3.63, 3.8) is 0 Å². The van der Waals surface area contributed by atoms with E-state index in [0.717, 1.165) is 40.9 Å². The first-order valence-electron chi connectivity index (χ1n) is 12.4. The number of rotatable bonds is 6. The van der Waals surface area contributed by atoms with Gasteiger partial charge in [0.15, 0.2) is 5.82 Å². The van der Waals surface area contributed by atoms with Gasteiger partial charge in [-0.3, -0.25) is 14.7 Å². The minimum atomic E-state index is -0.357. The molecule has 0 aliphatic heterocycles. The summed E-state index contributed by atoms with van der Waals surface area (Å²) in [5.74, 6) is 0.724. The molecule has 5 aromatic rings. The Morgan fingerprint density at radius 3 is 2.68 bits per heavy atom. The summed E-state index contributed by atoms with van der Waals surface area (Å²) in [6, 6.07) is 15.7. The summed E-state index contributed by atoms with van der Waals surface area (Å²) in [4.78, 5) is 39.6. The summed E-state index contributed by atoms with van der Waals surface area (Å²) in [5.41, 5.74) is 4.48. The summed E-state index contributed by atoms with van der Waals surface area (Å²) in [5, 5.41) is 14.2. The predicted octanol–water partition coefficient (Wildman–Crippen LogP) is 4.44. The monoisotopic (exact) mass is 523 g/mol. The van der Waals surface area contributed by atoms with E-state index in [-0.39, 0.29) is 29.2 Å². The number of nitrogens with zero attached hydrogens (tertiary/aromatic N) is 4. The number of H-pyrrole nitrogens is 1. The molecule has 0 bridgehead atoms. The number of hydrogen-bond acceptors (Lipinski definition) is 7. The van der Waals surface area contributed by atoms with Crippen molar-refractivity contribution in [2.75, 3.05) is 0 Å². The lowest BCUT2D eigenvalue weighted by molar-refractivity contribution is 0.0931. The first kappa shape index (κ1) is 23.9. The van der Waals surface area contributed by atoms with Crippen LogP contribution in [-0.2, 0) is 13.0 Å². The van der Waals surface area contributed by atoms with Crippen LogP contribution < -0.4 is 10.6 Å². The van der Waals surface area contributed by atoms with Crippen molar-refractivity contribution >= 4 is 33.2 Å². The molecule has 0 saturated heterocycles. The molecule has 3 heterocycles. The number of amides is 2. The molecule has 2 amide bonds. The number of aromatic nitrogens is 5. The summed E-state index contributed by atoms with van der Waals surface area (Å²) in [6.45, 7) is 4.31. The van der Waals surface area contributed by atoms with Crippen LogP contribution in [0.4, 0.5) is 0 Å². The maximum atomic E-state index is 13.0. The van der Waals surface area contributed by atoms with Crippen LogP contribution in [0.1, 0.15) is 60.8 Å². The number of fused-ring (bicyclic) bond motifs is 2. The van der Waals surface area contributed by atoms with Gasteiger partial charge in [0.1, 0.15) is 23.5 Å². The number of carbonyl (C=O) groups is 2. The first-order chi connectivity index (χ1) is 18.4. The van der Waals surface area contributed by atoms with E-state index >= 15 is 0 Å². The van der Waals surface area contributed by atoms with E-state index in [0.29, 0.717) is 12.4 Å². The van der Waals surface area contributed by atoms with Gasteiger partial charge in [-0.05, 0) is 67.0 Å². The van der Waals surface area contributed by atoms with E-state index in [4.69, 9.17) is 0 Å². The molecule has 0 saturated carbocycles. The Morgan fingerprint density at radius 1 is 1.03 bits per heavy atom. The normalized spacial score (nSPS) is 14.4. The molecule has 1 atom stereocenters. The van der Waals surface area contributed by atoms with Crippen LogP contribution in [0, 0.1) is 13.8 Å². The zero-order chi connectivity index (χ0) is 26.2. The maximum absolute atomic E-state index is 13.0. The van der Waals surface area contributed by atoms with Crippen LogP contribution in [0.25, 0.3) is 21.5 Å². The van der Waals surface area contributed by atoms with Crippen molar-refractivity contribution in [1.29, 1.82) is 0 Å². The quantitative estimate of drug-likeness (QED) is 0.302. The Morgan fingerprint density at radius 2 is 1.87 bits per heavy atom. The average molecular weight is 524 g/mol. The van der Waals surface area contributed by atoms with E-state index in [1.165, 1.54) is 27.4 Å². The fourth-order valence-corrected chi connectivity index (χ4v) is 5.80. The van der Waals surface area contributed by atoms with Gasteiger partial charge in [-0.1, -0.05) is 24.3 Å². The zero-order valence-corrected chi connectivity index (χ0v) is 21.7. The van der Waals surface area contributed by atoms with Gasteiger partial charge in [0, 0.05) is 27.8 Å². The Balaban J connectivity index is 1.11. The molecule has 1 aliphatic carbocycles. The minimum Gasteiger partial charge on any atom is -0.347 e. The van der Waals surface area contributed by atoms with Crippen LogP contribution >= 0.6 is 11.3 Å². The van der Waals surface area contributed by atoms with Gasteiger partial charge in [-0.15, -0.1) is 11.3 Å². The Labute approximate surface area is 222 Å². The molecule has 3 N–H and O–H groups in total. The molecular weight excluding hydrogens is 498 g/mol. The number of aryl methyl sites for hydroxylation is 3. The van der Waals surface area contributed by atoms with Gasteiger partial charge >= 0.3 is 0 Å². The predicted molar refractivity (Wildman–Crippen MR) is 145 cm³/mol. The van der Waals surface area contributed by atoms with Crippen molar-refractivity contribution in [3.8, 4) is 11.4 Å². The summed E-state index contributed by atoms with van der Waals surface area (Å²) >= 11 is 1.73. The fraction of sp³-hybridized carbons (Fsp3) is 0.214. The third kappa shape index (κ3) is 4.78. The van der Waals surface area contributed by atoms with E-state index in [9.17, 15) is 9.59 Å². The van der Waals surface area contributed by atoms with E-state index < -0.39 is 0 Å². The molecule has 0 spiro atoms. The molecule has 2 aromatic carbocycles. The maximum Gasteiger partial charge on any atom is 0.270 e. The van der Waals surface area contributed by atoms with E-state index in [1.807, 2.05) is 25.1 Å². The molecule has 0 radical (unpaired) electrons. The third-order valence-corrected chi connectivity index (χ3v) is 7.69. The highest BCUT2D eigenvalue weighted by atomic mass is 32.1. The highest BCUT2D eigenvalue weighted by Crippen LogP contribution is 2.34. The molecule has 190 valence electrons. The second kappa shape index (κ2) is 9.79. The van der Waals surface area contributed by atoms with Gasteiger partial charge < -0.3 is 10.6 Å². The number of nitrogens with one attached hydrogen (secondary N) is 3. The highest BCUT2D eigenvalue weighted by Gasteiger charge is 2.26. The van der Waals surface area contributed by atoms with Crippen LogP contribution in [0.5, 0.6) is 0 Å². The Bertz CT molecular complexity index is 1690. The van der Waals surface area contributed by atoms with Crippen molar-refractivity contribution in [1.82, 2.24) is 35.8 Å². The second-order valence-corrected chi connectivity index (χ2v) is 10.7. The molecule has 0 fully saturated rings. The van der Waals surface area contributed by atoms with Gasteiger partial charge in [-0.25, -0.2) is 15.0 Å². The number of aromatic amines is 1. The highest BCUT2D eigenvalue weighted by molar-refractivity contribution is 7.19. The average Bonchev–Trinajstić information content (AvgIpc) is 3.64. The molecule has 10 heteroatoms. The SMILES string of the molecule is Cc1nc(-c2ccc3c(c2)CC[C@@H]3NC(=O)c2cc(C(=O)NCc3ccc4cc(C)sc4c3)ncn2)n[nH]1. The van der Waals surface area contributed by atoms with Gasteiger partial charge in [0.2, 0.25) is 0 Å². The van der Waals surface area contributed by atoms with Crippen molar-refractivity contribution in [2.24, 2.45) is 0 Å². The molecule has 3 aromatic heterocycles. The summed E-state index contributed by atoms with van der Waals surface area (Å²) in [6.07, 6.45) is 2.87. The van der Waals surface area contributed by atoms with Gasteiger partial charge in [0.05, 0.1) is 6.04 Å². The molecule has 38 heavy (non-hydrogen) atoms. The molecule has 1 aliphatic rings.